The molecule has 2 aromatic heterocycles. The van der Waals surface area contributed by atoms with Crippen LogP contribution < -0.4 is 0 Å². The third-order valence-electron chi connectivity index (χ3n) is 6.23. The van der Waals surface area contributed by atoms with E-state index in [1.807, 2.05) is 32.0 Å². The van der Waals surface area contributed by atoms with Crippen LogP contribution in [0.25, 0.3) is 11.5 Å². The number of carbonyl (C=O) groups excluding carboxylic acids is 1. The molecule has 0 bridgehead atoms. The minimum Gasteiger partial charge on any atom is -0.361 e. The lowest BCUT2D eigenvalue weighted by atomic mass is 9.93. The Hall–Kier alpha value is -2.97. The van der Waals surface area contributed by atoms with Gasteiger partial charge in [0.05, 0.1) is 6.42 Å². The highest BCUT2D eigenvalue weighted by Gasteiger charge is 2.39. The monoisotopic (exact) mass is 488 g/mol. The Morgan fingerprint density at radius 2 is 1.91 bits per heavy atom. The van der Waals surface area contributed by atoms with Gasteiger partial charge in [-0.05, 0) is 43.7 Å². The van der Waals surface area contributed by atoms with E-state index in [1.54, 1.807) is 10.6 Å². The van der Waals surface area contributed by atoms with Crippen molar-refractivity contribution >= 4 is 5.78 Å². The summed E-state index contributed by atoms with van der Waals surface area (Å²) >= 11 is 0. The van der Waals surface area contributed by atoms with Gasteiger partial charge in [-0.1, -0.05) is 42.8 Å². The molecule has 1 aliphatic carbocycles. The molecule has 1 saturated carbocycles. The lowest BCUT2D eigenvalue weighted by molar-refractivity contribution is -0.141. The van der Waals surface area contributed by atoms with Gasteiger partial charge in [0.2, 0.25) is 0 Å². The molecule has 1 fully saturated rings. The number of rotatable bonds is 10. The van der Waals surface area contributed by atoms with Gasteiger partial charge < -0.3 is 9.09 Å². The van der Waals surface area contributed by atoms with Crippen molar-refractivity contribution in [2.24, 2.45) is 5.92 Å². The van der Waals surface area contributed by atoms with E-state index in [0.717, 1.165) is 29.5 Å². The standard InChI is InChI=1S/C26H31F3N4O2/c1-15(2)9-22-13-23(32-35-22)25-31-30-24(33(25)20-7-8-20)19(14-26(27,28)29)12-21(34)11-18-6-5-16(3)10-17(18)4/h5-6,10,13,15,19-20H,7-9,11-12,14H2,1-4H3/t19-/m1/s1. The number of ketones is 1. The van der Waals surface area contributed by atoms with Gasteiger partial charge in [-0.25, -0.2) is 0 Å². The number of aryl methyl sites for hydroxylation is 2. The van der Waals surface area contributed by atoms with Crippen molar-refractivity contribution in [2.45, 2.75) is 84.4 Å². The number of alkyl halides is 3. The summed E-state index contributed by atoms with van der Waals surface area (Å²) in [4.78, 5) is 12.9. The molecule has 0 amide bonds. The van der Waals surface area contributed by atoms with Gasteiger partial charge in [-0.15, -0.1) is 10.2 Å². The molecule has 35 heavy (non-hydrogen) atoms. The number of hydrogen-bond acceptors (Lipinski definition) is 5. The normalized spacial score (nSPS) is 15.1. The van der Waals surface area contributed by atoms with E-state index >= 15 is 0 Å². The third-order valence-corrected chi connectivity index (χ3v) is 6.23. The van der Waals surface area contributed by atoms with Crippen LogP contribution in [0.1, 0.15) is 79.8 Å². The highest BCUT2D eigenvalue weighted by Crippen LogP contribution is 2.43. The number of hydrogen-bond donors (Lipinski definition) is 0. The van der Waals surface area contributed by atoms with E-state index in [-0.39, 0.29) is 30.5 Å². The largest absolute Gasteiger partial charge is 0.389 e. The van der Waals surface area contributed by atoms with Gasteiger partial charge in [-0.3, -0.25) is 4.79 Å². The topological polar surface area (TPSA) is 73.8 Å². The zero-order valence-corrected chi connectivity index (χ0v) is 20.5. The molecule has 0 saturated heterocycles. The highest BCUT2D eigenvalue weighted by atomic mass is 19.4. The Kier molecular flexibility index (Phi) is 7.15. The Labute approximate surface area is 202 Å². The first-order valence-electron chi connectivity index (χ1n) is 12.1. The van der Waals surface area contributed by atoms with Crippen molar-refractivity contribution in [2.75, 3.05) is 0 Å². The van der Waals surface area contributed by atoms with Crippen molar-refractivity contribution < 1.29 is 22.5 Å². The molecule has 9 heteroatoms. The molecule has 0 spiro atoms. The average molecular weight is 489 g/mol. The fourth-order valence-corrected chi connectivity index (χ4v) is 4.50. The summed E-state index contributed by atoms with van der Waals surface area (Å²) in [6.45, 7) is 7.98. The fraction of sp³-hybridized carbons (Fsp3) is 0.538. The minimum absolute atomic E-state index is 0.00503. The molecule has 0 unspecified atom stereocenters. The zero-order valence-electron chi connectivity index (χ0n) is 20.5. The van der Waals surface area contributed by atoms with Crippen LogP contribution >= 0.6 is 0 Å². The molecule has 188 valence electrons. The second-order valence-electron chi connectivity index (χ2n) is 10.1. The van der Waals surface area contributed by atoms with E-state index in [4.69, 9.17) is 4.52 Å². The maximum Gasteiger partial charge on any atom is 0.389 e. The first kappa shape index (κ1) is 25.1. The van der Waals surface area contributed by atoms with Crippen LogP contribution in [0, 0.1) is 19.8 Å². The van der Waals surface area contributed by atoms with Gasteiger partial charge in [0, 0.05) is 37.3 Å². The van der Waals surface area contributed by atoms with E-state index < -0.39 is 18.5 Å². The molecular weight excluding hydrogens is 457 g/mol. The molecule has 0 radical (unpaired) electrons. The summed E-state index contributed by atoms with van der Waals surface area (Å²) in [5.41, 5.74) is 3.31. The highest BCUT2D eigenvalue weighted by molar-refractivity contribution is 5.82. The number of Topliss-reactive ketones (excluding diaryl/α,β-unsaturated/α-hetero) is 1. The van der Waals surface area contributed by atoms with Crippen LogP contribution in [0.15, 0.2) is 28.8 Å². The second kappa shape index (κ2) is 9.95. The maximum atomic E-state index is 13.6. The second-order valence-corrected chi connectivity index (χ2v) is 10.1. The van der Waals surface area contributed by atoms with Gasteiger partial charge in [0.1, 0.15) is 17.4 Å². The van der Waals surface area contributed by atoms with E-state index in [9.17, 15) is 18.0 Å². The molecular formula is C26H31F3N4O2. The first-order chi connectivity index (χ1) is 16.5. The number of aromatic nitrogens is 4. The van der Waals surface area contributed by atoms with Crippen LogP contribution in [-0.4, -0.2) is 31.9 Å². The summed E-state index contributed by atoms with van der Waals surface area (Å²) in [6, 6.07) is 7.52. The van der Waals surface area contributed by atoms with Crippen molar-refractivity contribution in [1.29, 1.82) is 0 Å². The van der Waals surface area contributed by atoms with Crippen molar-refractivity contribution in [3.63, 3.8) is 0 Å². The van der Waals surface area contributed by atoms with Crippen LogP contribution in [-0.2, 0) is 17.6 Å². The Bertz CT molecular complexity index is 1190. The van der Waals surface area contributed by atoms with Gasteiger partial charge in [0.25, 0.3) is 0 Å². The predicted molar refractivity (Wildman–Crippen MR) is 125 cm³/mol. The van der Waals surface area contributed by atoms with E-state index in [2.05, 4.69) is 29.2 Å². The number of benzene rings is 1. The van der Waals surface area contributed by atoms with Crippen LogP contribution in [0.2, 0.25) is 0 Å². The van der Waals surface area contributed by atoms with Crippen LogP contribution in [0.4, 0.5) is 13.2 Å². The predicted octanol–water partition coefficient (Wildman–Crippen LogP) is 6.32. The SMILES string of the molecule is Cc1ccc(CC(=O)C[C@H](CC(F)(F)F)c2nnc(-c3cc(CC(C)C)on3)n2C2CC2)c(C)c1. The lowest BCUT2D eigenvalue weighted by Crippen LogP contribution is -2.21. The maximum absolute atomic E-state index is 13.6. The molecule has 0 N–H and O–H groups in total. The first-order valence-corrected chi connectivity index (χ1v) is 12.1. The molecule has 1 aliphatic rings. The Balaban J connectivity index is 1.62. The molecule has 1 aromatic carbocycles. The van der Waals surface area contributed by atoms with Gasteiger partial charge in [-0.2, -0.15) is 13.2 Å². The number of nitrogens with zero attached hydrogens (tertiary/aromatic N) is 4. The quantitative estimate of drug-likeness (QED) is 0.334. The molecule has 4 rings (SSSR count). The molecule has 2 heterocycles. The summed E-state index contributed by atoms with van der Waals surface area (Å²) in [5.74, 6) is 0.290. The van der Waals surface area contributed by atoms with Crippen LogP contribution in [0.3, 0.4) is 0 Å². The zero-order chi connectivity index (χ0) is 25.3. The number of carbonyl (C=O) groups is 1. The third kappa shape index (κ3) is 6.38. The smallest absolute Gasteiger partial charge is 0.361 e. The van der Waals surface area contributed by atoms with Crippen LogP contribution in [0.5, 0.6) is 0 Å². The minimum atomic E-state index is -4.44. The van der Waals surface area contributed by atoms with Crippen molar-refractivity contribution in [1.82, 2.24) is 19.9 Å². The molecule has 0 aliphatic heterocycles. The molecule has 6 nitrogen and oxygen atoms in total. The Morgan fingerprint density at radius 1 is 1.17 bits per heavy atom. The number of halogens is 3. The van der Waals surface area contributed by atoms with Crippen molar-refractivity contribution in [3.8, 4) is 11.5 Å². The van der Waals surface area contributed by atoms with Gasteiger partial charge >= 0.3 is 6.18 Å². The summed E-state index contributed by atoms with van der Waals surface area (Å²) in [5, 5.41) is 12.5. The molecule has 3 aromatic rings. The van der Waals surface area contributed by atoms with Gasteiger partial charge in [0.15, 0.2) is 11.5 Å². The summed E-state index contributed by atoms with van der Waals surface area (Å²) in [7, 11) is 0. The summed E-state index contributed by atoms with van der Waals surface area (Å²) in [6.07, 6.45) is -3.39. The molecule has 1 atom stereocenters. The lowest BCUT2D eigenvalue weighted by Gasteiger charge is -2.19. The fourth-order valence-electron chi connectivity index (χ4n) is 4.50. The summed E-state index contributed by atoms with van der Waals surface area (Å²) < 4.78 is 47.9. The van der Waals surface area contributed by atoms with Crippen molar-refractivity contribution in [3.05, 3.63) is 52.5 Å². The Morgan fingerprint density at radius 3 is 2.54 bits per heavy atom. The van der Waals surface area contributed by atoms with E-state index in [1.165, 1.54) is 0 Å². The van der Waals surface area contributed by atoms with E-state index in [0.29, 0.717) is 29.6 Å². The average Bonchev–Trinajstić information content (AvgIpc) is 3.31.